The molecule has 0 saturated heterocycles. The van der Waals surface area contributed by atoms with Crippen molar-refractivity contribution in [3.63, 3.8) is 0 Å². The molecule has 3 aromatic carbocycles. The highest BCUT2D eigenvalue weighted by atomic mass is 16.2. The minimum absolute atomic E-state index is 0.00521. The van der Waals surface area contributed by atoms with Gasteiger partial charge in [-0.15, -0.1) is 0 Å². The van der Waals surface area contributed by atoms with Crippen molar-refractivity contribution in [3.05, 3.63) is 77.9 Å². The van der Waals surface area contributed by atoms with Crippen molar-refractivity contribution < 1.29 is 14.4 Å². The van der Waals surface area contributed by atoms with E-state index in [0.29, 0.717) is 24.1 Å². The lowest BCUT2D eigenvalue weighted by atomic mass is 10.1. The van der Waals surface area contributed by atoms with Gasteiger partial charge in [0.15, 0.2) is 0 Å². The molecule has 0 unspecified atom stereocenters. The van der Waals surface area contributed by atoms with Crippen LogP contribution in [0.15, 0.2) is 66.7 Å². The lowest BCUT2D eigenvalue weighted by Gasteiger charge is -2.13. The van der Waals surface area contributed by atoms with Crippen LogP contribution in [0.3, 0.4) is 0 Å². The Kier molecular flexibility index (Phi) is 5.89. The van der Waals surface area contributed by atoms with Crippen LogP contribution in [0.1, 0.15) is 52.8 Å². The van der Waals surface area contributed by atoms with Gasteiger partial charge in [0, 0.05) is 18.7 Å². The number of imide groups is 1. The van der Waals surface area contributed by atoms with Crippen molar-refractivity contribution >= 4 is 34.2 Å². The predicted molar refractivity (Wildman–Crippen MR) is 117 cm³/mol. The number of hydrogen-bond acceptors (Lipinski definition) is 3. The molecule has 3 amide bonds. The molecule has 0 saturated carbocycles. The molecule has 0 atom stereocenters. The normalized spacial score (nSPS) is 13.0. The molecule has 1 aliphatic heterocycles. The number of carbonyl (C=O) groups is 3. The highest BCUT2D eigenvalue weighted by molar-refractivity contribution is 6.21. The van der Waals surface area contributed by atoms with E-state index in [1.165, 1.54) is 4.90 Å². The third kappa shape index (κ3) is 4.25. The number of benzene rings is 3. The molecule has 1 heterocycles. The quantitative estimate of drug-likeness (QED) is 0.426. The van der Waals surface area contributed by atoms with Crippen LogP contribution < -0.4 is 5.32 Å². The zero-order valence-corrected chi connectivity index (χ0v) is 16.8. The first-order valence-corrected chi connectivity index (χ1v) is 10.4. The van der Waals surface area contributed by atoms with Gasteiger partial charge in [-0.05, 0) is 47.9 Å². The van der Waals surface area contributed by atoms with Crippen molar-refractivity contribution in [1.82, 2.24) is 4.90 Å². The smallest absolute Gasteiger partial charge is 0.261 e. The monoisotopic (exact) mass is 400 g/mol. The van der Waals surface area contributed by atoms with Gasteiger partial charge in [0.2, 0.25) is 5.91 Å². The molecule has 5 heteroatoms. The zero-order chi connectivity index (χ0) is 20.9. The van der Waals surface area contributed by atoms with E-state index >= 15 is 0 Å². The minimum atomic E-state index is -0.203. The Balaban J connectivity index is 1.16. The molecule has 5 nitrogen and oxygen atoms in total. The molecule has 0 fully saturated rings. The molecule has 4 rings (SSSR count). The van der Waals surface area contributed by atoms with Crippen LogP contribution in [0, 0.1) is 0 Å². The maximum absolute atomic E-state index is 12.3. The van der Waals surface area contributed by atoms with E-state index in [0.717, 1.165) is 42.1 Å². The van der Waals surface area contributed by atoms with Gasteiger partial charge in [-0.25, -0.2) is 0 Å². The number of amides is 3. The summed E-state index contributed by atoms with van der Waals surface area (Å²) < 4.78 is 0. The fraction of sp³-hybridized carbons (Fsp3) is 0.240. The Morgan fingerprint density at radius 3 is 2.10 bits per heavy atom. The van der Waals surface area contributed by atoms with Crippen LogP contribution >= 0.6 is 0 Å². The van der Waals surface area contributed by atoms with Crippen LogP contribution in [0.2, 0.25) is 0 Å². The standard InChI is InChI=1S/C25H24N2O3/c28-23(26-20-15-14-18-9-4-5-10-19(18)17-20)13-3-1-2-8-16-27-24(29)21-11-6-7-12-22(21)25(27)30/h4-7,9-12,14-15,17H,1-3,8,13,16H2,(H,26,28). The number of unbranched alkanes of at least 4 members (excludes halogenated alkanes) is 3. The van der Waals surface area contributed by atoms with Crippen molar-refractivity contribution in [2.75, 3.05) is 11.9 Å². The fourth-order valence-electron chi connectivity index (χ4n) is 3.84. The number of nitrogens with one attached hydrogen (secondary N) is 1. The van der Waals surface area contributed by atoms with E-state index in [1.54, 1.807) is 24.3 Å². The second-order valence-corrected chi connectivity index (χ2v) is 7.58. The highest BCUT2D eigenvalue weighted by Gasteiger charge is 2.34. The van der Waals surface area contributed by atoms with E-state index in [1.807, 2.05) is 42.5 Å². The molecule has 0 spiro atoms. The first-order chi connectivity index (χ1) is 14.6. The minimum Gasteiger partial charge on any atom is -0.326 e. The number of fused-ring (bicyclic) bond motifs is 2. The second kappa shape index (κ2) is 8.91. The first-order valence-electron chi connectivity index (χ1n) is 10.4. The molecular weight excluding hydrogens is 376 g/mol. The molecule has 1 aliphatic rings. The number of rotatable bonds is 8. The van der Waals surface area contributed by atoms with Crippen LogP contribution in [0.25, 0.3) is 10.8 Å². The predicted octanol–water partition coefficient (Wildman–Crippen LogP) is 5.03. The van der Waals surface area contributed by atoms with Gasteiger partial charge in [-0.2, -0.15) is 0 Å². The van der Waals surface area contributed by atoms with Crippen molar-refractivity contribution in [2.45, 2.75) is 32.1 Å². The number of hydrogen-bond donors (Lipinski definition) is 1. The van der Waals surface area contributed by atoms with Gasteiger partial charge in [0.1, 0.15) is 0 Å². The molecule has 0 aromatic heterocycles. The lowest BCUT2D eigenvalue weighted by molar-refractivity contribution is -0.116. The Morgan fingerprint density at radius 2 is 1.37 bits per heavy atom. The van der Waals surface area contributed by atoms with Gasteiger partial charge in [0.25, 0.3) is 11.8 Å². The molecule has 0 radical (unpaired) electrons. The summed E-state index contributed by atoms with van der Waals surface area (Å²) in [6.07, 6.45) is 3.74. The van der Waals surface area contributed by atoms with E-state index in [9.17, 15) is 14.4 Å². The third-order valence-electron chi connectivity index (χ3n) is 5.45. The average molecular weight is 400 g/mol. The molecule has 152 valence electrons. The number of anilines is 1. The summed E-state index contributed by atoms with van der Waals surface area (Å²) in [5.41, 5.74) is 1.80. The van der Waals surface area contributed by atoms with Crippen LogP contribution in [-0.2, 0) is 4.79 Å². The van der Waals surface area contributed by atoms with Gasteiger partial charge < -0.3 is 5.32 Å². The summed E-state index contributed by atoms with van der Waals surface area (Å²) in [5.74, 6) is -0.402. The highest BCUT2D eigenvalue weighted by Crippen LogP contribution is 2.23. The van der Waals surface area contributed by atoms with E-state index in [4.69, 9.17) is 0 Å². The first kappa shape index (κ1) is 19.8. The van der Waals surface area contributed by atoms with Crippen molar-refractivity contribution in [1.29, 1.82) is 0 Å². The summed E-state index contributed by atoms with van der Waals surface area (Å²) in [7, 11) is 0. The van der Waals surface area contributed by atoms with Crippen LogP contribution in [0.4, 0.5) is 5.69 Å². The van der Waals surface area contributed by atoms with Crippen molar-refractivity contribution in [2.24, 2.45) is 0 Å². The maximum Gasteiger partial charge on any atom is 0.261 e. The molecular formula is C25H24N2O3. The second-order valence-electron chi connectivity index (χ2n) is 7.58. The van der Waals surface area contributed by atoms with Crippen LogP contribution in [0.5, 0.6) is 0 Å². The van der Waals surface area contributed by atoms with E-state index in [2.05, 4.69) is 5.32 Å². The average Bonchev–Trinajstić information content (AvgIpc) is 3.01. The van der Waals surface area contributed by atoms with Gasteiger partial charge in [-0.3, -0.25) is 19.3 Å². The summed E-state index contributed by atoms with van der Waals surface area (Å²) >= 11 is 0. The third-order valence-corrected chi connectivity index (χ3v) is 5.45. The summed E-state index contributed by atoms with van der Waals surface area (Å²) in [6, 6.07) is 20.9. The Labute approximate surface area is 175 Å². The molecule has 0 aliphatic carbocycles. The zero-order valence-electron chi connectivity index (χ0n) is 16.8. The molecule has 30 heavy (non-hydrogen) atoms. The van der Waals surface area contributed by atoms with Gasteiger partial charge in [-0.1, -0.05) is 55.3 Å². The maximum atomic E-state index is 12.3. The molecule has 1 N–H and O–H groups in total. The largest absolute Gasteiger partial charge is 0.326 e. The summed E-state index contributed by atoms with van der Waals surface area (Å²) in [6.45, 7) is 0.426. The molecule has 0 bridgehead atoms. The Bertz CT molecular complexity index is 1070. The Morgan fingerprint density at radius 1 is 0.733 bits per heavy atom. The van der Waals surface area contributed by atoms with Gasteiger partial charge >= 0.3 is 0 Å². The van der Waals surface area contributed by atoms with E-state index in [-0.39, 0.29) is 17.7 Å². The number of nitrogens with zero attached hydrogens (tertiary/aromatic N) is 1. The number of carbonyl (C=O) groups excluding carboxylic acids is 3. The topological polar surface area (TPSA) is 66.5 Å². The van der Waals surface area contributed by atoms with Gasteiger partial charge in [0.05, 0.1) is 11.1 Å². The van der Waals surface area contributed by atoms with Crippen molar-refractivity contribution in [3.8, 4) is 0 Å². The Hall–Kier alpha value is -3.47. The van der Waals surface area contributed by atoms with E-state index < -0.39 is 0 Å². The SMILES string of the molecule is O=C(CCCCCCN1C(=O)c2ccccc2C1=O)Nc1ccc2ccccc2c1. The van der Waals surface area contributed by atoms with Crippen LogP contribution in [-0.4, -0.2) is 29.2 Å². The summed E-state index contributed by atoms with van der Waals surface area (Å²) in [5, 5.41) is 5.20. The summed E-state index contributed by atoms with van der Waals surface area (Å²) in [4.78, 5) is 38.2. The molecule has 3 aromatic rings. The lowest BCUT2D eigenvalue weighted by Crippen LogP contribution is -2.30. The fourth-order valence-corrected chi connectivity index (χ4v) is 3.84.